The molecule has 108 valence electrons. The first-order chi connectivity index (χ1) is 10.0. The lowest BCUT2D eigenvalue weighted by Gasteiger charge is -2.03. The smallest absolute Gasteiger partial charge is 0.175 e. The molecule has 2 aromatic heterocycles. The van der Waals surface area contributed by atoms with Crippen molar-refractivity contribution in [2.24, 2.45) is 0 Å². The number of sulfone groups is 1. The number of anilines is 1. The van der Waals surface area contributed by atoms with Crippen LogP contribution in [0.3, 0.4) is 0 Å². The predicted molar refractivity (Wildman–Crippen MR) is 85.5 cm³/mol. The van der Waals surface area contributed by atoms with Crippen molar-refractivity contribution in [1.82, 2.24) is 9.97 Å². The van der Waals surface area contributed by atoms with Crippen molar-refractivity contribution in [2.75, 3.05) is 18.6 Å². The molecule has 0 spiro atoms. The maximum atomic E-state index is 11.5. The summed E-state index contributed by atoms with van der Waals surface area (Å²) in [5.41, 5.74) is 2.79. The number of thiophene rings is 1. The van der Waals surface area contributed by atoms with Gasteiger partial charge in [0.1, 0.15) is 12.1 Å². The Balaban J connectivity index is 2.13. The first-order valence-corrected chi connectivity index (χ1v) is 8.98. The fourth-order valence-electron chi connectivity index (χ4n) is 2.12. The van der Waals surface area contributed by atoms with Crippen molar-refractivity contribution in [3.05, 3.63) is 36.0 Å². The van der Waals surface area contributed by atoms with Gasteiger partial charge in [0.2, 0.25) is 0 Å². The van der Waals surface area contributed by atoms with E-state index in [1.165, 1.54) is 12.6 Å². The van der Waals surface area contributed by atoms with Gasteiger partial charge in [-0.3, -0.25) is 0 Å². The summed E-state index contributed by atoms with van der Waals surface area (Å²) in [4.78, 5) is 8.84. The van der Waals surface area contributed by atoms with E-state index in [0.717, 1.165) is 27.2 Å². The molecule has 0 bridgehead atoms. The predicted octanol–water partition coefficient (Wildman–Crippen LogP) is 2.80. The Labute approximate surface area is 126 Å². The van der Waals surface area contributed by atoms with Gasteiger partial charge in [-0.05, 0) is 17.7 Å². The second kappa shape index (κ2) is 5.09. The summed E-state index contributed by atoms with van der Waals surface area (Å²) < 4.78 is 24.0. The van der Waals surface area contributed by atoms with E-state index in [2.05, 4.69) is 15.3 Å². The van der Waals surface area contributed by atoms with Crippen LogP contribution in [-0.4, -0.2) is 31.7 Å². The number of aromatic nitrogens is 2. The molecule has 0 aliphatic carbocycles. The molecular weight excluding hydrogens is 306 g/mol. The van der Waals surface area contributed by atoms with Crippen molar-refractivity contribution in [3.63, 3.8) is 0 Å². The monoisotopic (exact) mass is 319 g/mol. The number of fused-ring (bicyclic) bond motifs is 1. The molecular formula is C14H13N3O2S2. The van der Waals surface area contributed by atoms with Crippen LogP contribution in [-0.2, 0) is 9.84 Å². The molecule has 0 saturated heterocycles. The molecule has 21 heavy (non-hydrogen) atoms. The van der Waals surface area contributed by atoms with Crippen molar-refractivity contribution in [1.29, 1.82) is 0 Å². The van der Waals surface area contributed by atoms with Crippen LogP contribution in [0, 0.1) is 0 Å². The molecule has 0 fully saturated rings. The van der Waals surface area contributed by atoms with E-state index in [0.29, 0.717) is 4.90 Å². The van der Waals surface area contributed by atoms with E-state index in [-0.39, 0.29) is 0 Å². The quantitative estimate of drug-likeness (QED) is 0.803. The Bertz CT molecular complexity index is 900. The topological polar surface area (TPSA) is 72.0 Å². The SMILES string of the molecule is CNc1ncnc2c(-c3ccc(S(C)(=O)=O)cc3)csc12. The molecule has 0 aliphatic rings. The Kier molecular flexibility index (Phi) is 3.38. The zero-order valence-electron chi connectivity index (χ0n) is 11.5. The van der Waals surface area contributed by atoms with Crippen LogP contribution >= 0.6 is 11.3 Å². The van der Waals surface area contributed by atoms with Crippen molar-refractivity contribution >= 4 is 37.2 Å². The Morgan fingerprint density at radius 1 is 1.14 bits per heavy atom. The maximum absolute atomic E-state index is 11.5. The first kappa shape index (κ1) is 14.0. The number of benzene rings is 1. The lowest BCUT2D eigenvalue weighted by molar-refractivity contribution is 0.602. The highest BCUT2D eigenvalue weighted by Gasteiger charge is 2.12. The molecule has 0 radical (unpaired) electrons. The number of nitrogens with zero attached hydrogens (tertiary/aromatic N) is 2. The fraction of sp³-hybridized carbons (Fsp3) is 0.143. The summed E-state index contributed by atoms with van der Waals surface area (Å²) in [5, 5.41) is 5.05. The second-order valence-electron chi connectivity index (χ2n) is 4.60. The van der Waals surface area contributed by atoms with Crippen molar-refractivity contribution < 1.29 is 8.42 Å². The Morgan fingerprint density at radius 2 is 1.86 bits per heavy atom. The van der Waals surface area contributed by atoms with Crippen LogP contribution < -0.4 is 5.32 Å². The summed E-state index contributed by atoms with van der Waals surface area (Å²) in [6.07, 6.45) is 2.73. The lowest BCUT2D eigenvalue weighted by Crippen LogP contribution is -1.96. The molecule has 0 unspecified atom stereocenters. The zero-order chi connectivity index (χ0) is 15.0. The molecule has 3 rings (SSSR count). The van der Waals surface area contributed by atoms with E-state index < -0.39 is 9.84 Å². The largest absolute Gasteiger partial charge is 0.372 e. The minimum absolute atomic E-state index is 0.316. The summed E-state index contributed by atoms with van der Waals surface area (Å²) in [7, 11) is -1.35. The van der Waals surface area contributed by atoms with Gasteiger partial charge in [0, 0.05) is 24.2 Å². The third kappa shape index (κ3) is 2.50. The van der Waals surface area contributed by atoms with Crippen LogP contribution in [0.1, 0.15) is 0 Å². The van der Waals surface area contributed by atoms with Crippen molar-refractivity contribution in [3.8, 4) is 11.1 Å². The highest BCUT2D eigenvalue weighted by atomic mass is 32.2. The molecule has 0 amide bonds. The first-order valence-electron chi connectivity index (χ1n) is 6.21. The van der Waals surface area contributed by atoms with Gasteiger partial charge in [-0.1, -0.05) is 12.1 Å². The number of rotatable bonds is 3. The number of nitrogens with one attached hydrogen (secondary N) is 1. The van der Waals surface area contributed by atoms with Gasteiger partial charge in [0.05, 0.1) is 15.1 Å². The van der Waals surface area contributed by atoms with E-state index in [9.17, 15) is 8.42 Å². The molecule has 5 nitrogen and oxygen atoms in total. The van der Waals surface area contributed by atoms with Crippen LogP contribution in [0.25, 0.3) is 21.3 Å². The molecule has 1 aromatic carbocycles. The average Bonchev–Trinajstić information content (AvgIpc) is 2.90. The normalized spacial score (nSPS) is 11.7. The minimum atomic E-state index is -3.17. The second-order valence-corrected chi connectivity index (χ2v) is 7.49. The summed E-state index contributed by atoms with van der Waals surface area (Å²) in [5.74, 6) is 0.795. The average molecular weight is 319 g/mol. The van der Waals surface area contributed by atoms with Crippen LogP contribution in [0.4, 0.5) is 5.82 Å². The van der Waals surface area contributed by atoms with Gasteiger partial charge in [0.15, 0.2) is 9.84 Å². The van der Waals surface area contributed by atoms with Crippen LogP contribution in [0.2, 0.25) is 0 Å². The van der Waals surface area contributed by atoms with E-state index in [4.69, 9.17) is 0 Å². The van der Waals surface area contributed by atoms with Crippen LogP contribution in [0.15, 0.2) is 40.9 Å². The third-order valence-corrected chi connectivity index (χ3v) is 5.29. The number of hydrogen-bond acceptors (Lipinski definition) is 6. The summed E-state index contributed by atoms with van der Waals surface area (Å²) >= 11 is 1.56. The Hall–Kier alpha value is -1.99. The van der Waals surface area contributed by atoms with E-state index >= 15 is 0 Å². The van der Waals surface area contributed by atoms with Gasteiger partial charge in [0.25, 0.3) is 0 Å². The molecule has 2 heterocycles. The molecule has 3 aromatic rings. The van der Waals surface area contributed by atoms with E-state index in [1.807, 2.05) is 12.4 Å². The lowest BCUT2D eigenvalue weighted by atomic mass is 10.1. The summed E-state index contributed by atoms with van der Waals surface area (Å²) in [6.45, 7) is 0. The summed E-state index contributed by atoms with van der Waals surface area (Å²) in [6, 6.07) is 6.85. The molecule has 0 atom stereocenters. The molecule has 1 N–H and O–H groups in total. The zero-order valence-corrected chi connectivity index (χ0v) is 13.1. The standard InChI is InChI=1S/C14H13N3O2S2/c1-15-14-13-12(16-8-17-14)11(7-20-13)9-3-5-10(6-4-9)21(2,18)19/h3-8H,1-2H3,(H,15,16,17). The Morgan fingerprint density at radius 3 is 2.48 bits per heavy atom. The van der Waals surface area contributed by atoms with Crippen LogP contribution in [0.5, 0.6) is 0 Å². The highest BCUT2D eigenvalue weighted by molar-refractivity contribution is 7.90. The van der Waals surface area contributed by atoms with Gasteiger partial charge in [-0.15, -0.1) is 11.3 Å². The van der Waals surface area contributed by atoms with E-state index in [1.54, 1.807) is 35.6 Å². The van der Waals surface area contributed by atoms with Gasteiger partial charge < -0.3 is 5.32 Å². The highest BCUT2D eigenvalue weighted by Crippen LogP contribution is 2.35. The molecule has 7 heteroatoms. The van der Waals surface area contributed by atoms with Crippen molar-refractivity contribution in [2.45, 2.75) is 4.90 Å². The molecule has 0 saturated carbocycles. The van der Waals surface area contributed by atoms with Gasteiger partial charge in [-0.25, -0.2) is 18.4 Å². The number of hydrogen-bond donors (Lipinski definition) is 1. The third-order valence-electron chi connectivity index (χ3n) is 3.18. The molecule has 0 aliphatic heterocycles. The van der Waals surface area contributed by atoms with Gasteiger partial charge in [-0.2, -0.15) is 0 Å². The minimum Gasteiger partial charge on any atom is -0.372 e. The van der Waals surface area contributed by atoms with Gasteiger partial charge >= 0.3 is 0 Å². The maximum Gasteiger partial charge on any atom is 0.175 e. The fourth-order valence-corrected chi connectivity index (χ4v) is 3.77.